The van der Waals surface area contributed by atoms with Gasteiger partial charge in [-0.2, -0.15) is 26.3 Å². The molecule has 2 heterocycles. The standard InChI is InChI=1S/C46H30F6N2S2/c1-2-32-43(28-13-11-15-30(25-28)45(47,48)49)37(53-33-17-3-7-21-39(33)55-40-22-8-4-18-34(40)53)27-38(44(32)29-14-12-16-31(26-29)46(50,51)52)54-35-19-5-9-23-41(35)56-42-24-10-6-20-36(42)54/h3-27H,2H2,1H3. The van der Waals surface area contributed by atoms with Crippen LogP contribution in [0.5, 0.6) is 0 Å². The molecule has 0 amide bonds. The van der Waals surface area contributed by atoms with Crippen LogP contribution in [-0.2, 0) is 18.8 Å². The number of fused-ring (bicyclic) bond motifs is 4. The fourth-order valence-electron chi connectivity index (χ4n) is 7.69. The monoisotopic (exact) mass is 788 g/mol. The quantitative estimate of drug-likeness (QED) is 0.160. The zero-order valence-corrected chi connectivity index (χ0v) is 31.3. The van der Waals surface area contributed by atoms with Crippen LogP contribution in [0, 0.1) is 0 Å². The van der Waals surface area contributed by atoms with Crippen LogP contribution in [0.25, 0.3) is 22.3 Å². The maximum Gasteiger partial charge on any atom is 0.416 e. The van der Waals surface area contributed by atoms with Crippen molar-refractivity contribution in [2.75, 3.05) is 9.80 Å². The molecule has 0 aromatic heterocycles. The van der Waals surface area contributed by atoms with Crippen molar-refractivity contribution < 1.29 is 26.3 Å². The van der Waals surface area contributed by atoms with Crippen LogP contribution >= 0.6 is 23.5 Å². The van der Waals surface area contributed by atoms with Gasteiger partial charge in [0.15, 0.2) is 0 Å². The number of rotatable bonds is 5. The number of para-hydroxylation sites is 4. The third kappa shape index (κ3) is 6.21. The van der Waals surface area contributed by atoms with E-state index in [4.69, 9.17) is 0 Å². The predicted molar refractivity (Wildman–Crippen MR) is 214 cm³/mol. The van der Waals surface area contributed by atoms with Gasteiger partial charge in [-0.3, -0.25) is 0 Å². The van der Waals surface area contributed by atoms with E-state index in [-0.39, 0.29) is 6.42 Å². The molecule has 56 heavy (non-hydrogen) atoms. The van der Waals surface area contributed by atoms with Crippen LogP contribution < -0.4 is 9.80 Å². The number of anilines is 6. The Kier molecular flexibility index (Phi) is 8.93. The first kappa shape index (κ1) is 36.1. The number of halogens is 6. The topological polar surface area (TPSA) is 6.48 Å². The Labute approximate surface area is 328 Å². The lowest BCUT2D eigenvalue weighted by atomic mass is 9.85. The molecule has 7 aromatic carbocycles. The van der Waals surface area contributed by atoms with Crippen molar-refractivity contribution in [1.82, 2.24) is 0 Å². The van der Waals surface area contributed by atoms with Crippen molar-refractivity contribution in [3.05, 3.63) is 168 Å². The molecular weight excluding hydrogens is 759 g/mol. The Balaban J connectivity index is 1.47. The van der Waals surface area contributed by atoms with Crippen molar-refractivity contribution in [2.24, 2.45) is 0 Å². The zero-order valence-electron chi connectivity index (χ0n) is 29.6. The molecule has 0 saturated heterocycles. The van der Waals surface area contributed by atoms with Gasteiger partial charge in [-0.25, -0.2) is 0 Å². The lowest BCUT2D eigenvalue weighted by Crippen LogP contribution is -2.20. The molecule has 10 heteroatoms. The maximum atomic E-state index is 14.5. The summed E-state index contributed by atoms with van der Waals surface area (Å²) in [7, 11) is 0. The average molecular weight is 789 g/mol. The van der Waals surface area contributed by atoms with Crippen LogP contribution in [0.15, 0.2) is 171 Å². The maximum absolute atomic E-state index is 14.5. The van der Waals surface area contributed by atoms with E-state index in [0.717, 1.165) is 66.6 Å². The van der Waals surface area contributed by atoms with Gasteiger partial charge in [-0.05, 0) is 102 Å². The first-order valence-corrected chi connectivity index (χ1v) is 19.5. The van der Waals surface area contributed by atoms with Crippen molar-refractivity contribution >= 4 is 57.6 Å². The number of nitrogens with zero attached hydrogens (tertiary/aromatic N) is 2. The fourth-order valence-corrected chi connectivity index (χ4v) is 9.80. The lowest BCUT2D eigenvalue weighted by molar-refractivity contribution is -0.138. The van der Waals surface area contributed by atoms with E-state index in [1.807, 2.05) is 110 Å². The summed E-state index contributed by atoms with van der Waals surface area (Å²) in [6, 6.07) is 43.9. The summed E-state index contributed by atoms with van der Waals surface area (Å²) in [5.41, 5.74) is 5.09. The molecule has 2 aliphatic rings. The fraction of sp³-hybridized carbons (Fsp3) is 0.0870. The van der Waals surface area contributed by atoms with Crippen LogP contribution in [0.1, 0.15) is 23.6 Å². The second-order valence-electron chi connectivity index (χ2n) is 13.4. The van der Waals surface area contributed by atoms with E-state index in [9.17, 15) is 26.3 Å². The Morgan fingerprint density at radius 2 is 0.750 bits per heavy atom. The summed E-state index contributed by atoms with van der Waals surface area (Å²) in [4.78, 5) is 7.98. The smallest absolute Gasteiger partial charge is 0.308 e. The van der Waals surface area contributed by atoms with Crippen molar-refractivity contribution in [1.29, 1.82) is 0 Å². The van der Waals surface area contributed by atoms with E-state index < -0.39 is 23.5 Å². The number of hydrogen-bond acceptors (Lipinski definition) is 4. The Hall–Kier alpha value is -5.58. The molecule has 0 unspecified atom stereocenters. The van der Waals surface area contributed by atoms with Crippen molar-refractivity contribution in [3.63, 3.8) is 0 Å². The minimum Gasteiger partial charge on any atom is -0.308 e. The van der Waals surface area contributed by atoms with Gasteiger partial charge >= 0.3 is 12.4 Å². The first-order chi connectivity index (χ1) is 27.0. The number of hydrogen-bond donors (Lipinski definition) is 0. The molecule has 9 rings (SSSR count). The van der Waals surface area contributed by atoms with E-state index in [2.05, 4.69) is 9.80 Å². The highest BCUT2D eigenvalue weighted by atomic mass is 32.2. The third-order valence-electron chi connectivity index (χ3n) is 10.0. The molecule has 0 aliphatic carbocycles. The summed E-state index contributed by atoms with van der Waals surface area (Å²) in [5.74, 6) is 0. The second-order valence-corrected chi connectivity index (χ2v) is 15.6. The van der Waals surface area contributed by atoms with Crippen LogP contribution in [0.2, 0.25) is 0 Å². The molecule has 0 radical (unpaired) electrons. The zero-order chi connectivity index (χ0) is 38.8. The minimum absolute atomic E-state index is 0.287. The molecule has 2 aliphatic heterocycles. The number of alkyl halides is 6. The summed E-state index contributed by atoms with van der Waals surface area (Å²) in [5, 5.41) is 0. The van der Waals surface area contributed by atoms with E-state index in [0.29, 0.717) is 39.2 Å². The molecule has 2 nitrogen and oxygen atoms in total. The number of benzene rings is 7. The van der Waals surface area contributed by atoms with Gasteiger partial charge in [0.2, 0.25) is 0 Å². The van der Waals surface area contributed by atoms with Gasteiger partial charge in [0.05, 0.1) is 45.3 Å². The van der Waals surface area contributed by atoms with Crippen LogP contribution in [-0.4, -0.2) is 0 Å². The predicted octanol–water partition coefficient (Wildman–Crippen LogP) is 15.5. The molecule has 0 bridgehead atoms. The largest absolute Gasteiger partial charge is 0.416 e. The van der Waals surface area contributed by atoms with Gasteiger partial charge < -0.3 is 9.80 Å². The molecule has 0 atom stereocenters. The first-order valence-electron chi connectivity index (χ1n) is 17.9. The Morgan fingerprint density at radius 3 is 1.07 bits per heavy atom. The van der Waals surface area contributed by atoms with Gasteiger partial charge in [0.25, 0.3) is 0 Å². The highest BCUT2D eigenvalue weighted by Crippen LogP contribution is 2.59. The van der Waals surface area contributed by atoms with Gasteiger partial charge in [0.1, 0.15) is 0 Å². The van der Waals surface area contributed by atoms with E-state index in [1.165, 1.54) is 12.1 Å². The summed E-state index contributed by atoms with van der Waals surface area (Å²) >= 11 is 3.21. The van der Waals surface area contributed by atoms with Gasteiger partial charge in [0, 0.05) is 30.7 Å². The van der Waals surface area contributed by atoms with E-state index in [1.54, 1.807) is 35.7 Å². The van der Waals surface area contributed by atoms with Crippen LogP contribution in [0.3, 0.4) is 0 Å². The molecule has 0 fully saturated rings. The lowest BCUT2D eigenvalue weighted by Gasteiger charge is -2.39. The van der Waals surface area contributed by atoms with Crippen molar-refractivity contribution in [2.45, 2.75) is 45.3 Å². The second kappa shape index (κ2) is 13.9. The Morgan fingerprint density at radius 1 is 0.411 bits per heavy atom. The molecule has 0 N–H and O–H groups in total. The minimum atomic E-state index is -4.63. The molecule has 0 spiro atoms. The highest BCUT2D eigenvalue weighted by Gasteiger charge is 2.36. The summed E-state index contributed by atoms with van der Waals surface area (Å²) < 4.78 is 86.9. The highest BCUT2D eigenvalue weighted by molar-refractivity contribution is 8.00. The molecule has 7 aromatic rings. The Bertz CT molecular complexity index is 2380. The SMILES string of the molecule is CCc1c(-c2cccc(C(F)(F)F)c2)c(N2c3ccccc3Sc3ccccc32)cc(N2c3ccccc3Sc3ccccc32)c1-c1cccc(C(F)(F)F)c1. The van der Waals surface area contributed by atoms with Crippen LogP contribution in [0.4, 0.5) is 60.5 Å². The van der Waals surface area contributed by atoms with Crippen molar-refractivity contribution in [3.8, 4) is 22.3 Å². The summed E-state index contributed by atoms with van der Waals surface area (Å²) in [6.07, 6.45) is -8.98. The van der Waals surface area contributed by atoms with Gasteiger partial charge in [-0.1, -0.05) is 103 Å². The van der Waals surface area contributed by atoms with Gasteiger partial charge in [-0.15, -0.1) is 0 Å². The molecular formula is C46H30F6N2S2. The average Bonchev–Trinajstić information content (AvgIpc) is 3.20. The van der Waals surface area contributed by atoms with E-state index >= 15 is 0 Å². The third-order valence-corrected chi connectivity index (χ3v) is 12.3. The summed E-state index contributed by atoms with van der Waals surface area (Å²) in [6.45, 7) is 1.90. The molecule has 0 saturated carbocycles. The normalized spacial score (nSPS) is 13.5. The molecule has 278 valence electrons.